The highest BCUT2D eigenvalue weighted by molar-refractivity contribution is 5.20. The summed E-state index contributed by atoms with van der Waals surface area (Å²) in [6.45, 7) is 3.97. The standard InChI is InChI=1S/C13H21NO2/c1-12(8-10-15)14-9-5-11-16-13-6-3-2-4-7-13/h2-4,6-7,12,14-15H,5,8-11H2,1H3. The molecule has 90 valence electrons. The van der Waals surface area contributed by atoms with Crippen LogP contribution < -0.4 is 10.1 Å². The lowest BCUT2D eigenvalue weighted by Crippen LogP contribution is -2.28. The molecule has 0 aliphatic heterocycles. The van der Waals surface area contributed by atoms with Gasteiger partial charge < -0.3 is 15.2 Å². The molecule has 1 aromatic rings. The van der Waals surface area contributed by atoms with E-state index in [9.17, 15) is 0 Å². The Morgan fingerprint density at radius 2 is 2.06 bits per heavy atom. The van der Waals surface area contributed by atoms with E-state index in [2.05, 4.69) is 12.2 Å². The third-order valence-corrected chi connectivity index (χ3v) is 2.39. The Kier molecular flexibility index (Phi) is 6.61. The van der Waals surface area contributed by atoms with Gasteiger partial charge in [0.15, 0.2) is 0 Å². The average molecular weight is 223 g/mol. The molecule has 0 aliphatic rings. The summed E-state index contributed by atoms with van der Waals surface area (Å²) >= 11 is 0. The van der Waals surface area contributed by atoms with Crippen molar-refractivity contribution < 1.29 is 9.84 Å². The van der Waals surface area contributed by atoms with Gasteiger partial charge in [-0.05, 0) is 38.4 Å². The number of aliphatic hydroxyl groups excluding tert-OH is 1. The van der Waals surface area contributed by atoms with Gasteiger partial charge in [-0.3, -0.25) is 0 Å². The van der Waals surface area contributed by atoms with Crippen molar-refractivity contribution in [2.75, 3.05) is 19.8 Å². The minimum Gasteiger partial charge on any atom is -0.494 e. The summed E-state index contributed by atoms with van der Waals surface area (Å²) in [5, 5.41) is 12.1. The first-order valence-corrected chi connectivity index (χ1v) is 5.85. The third kappa shape index (κ3) is 5.73. The van der Waals surface area contributed by atoms with Crippen LogP contribution in [0.5, 0.6) is 5.75 Å². The van der Waals surface area contributed by atoms with Crippen LogP contribution in [0.4, 0.5) is 0 Å². The topological polar surface area (TPSA) is 41.5 Å². The zero-order valence-corrected chi connectivity index (χ0v) is 9.86. The minimum absolute atomic E-state index is 0.245. The molecule has 0 radical (unpaired) electrons. The maximum Gasteiger partial charge on any atom is 0.119 e. The quantitative estimate of drug-likeness (QED) is 0.660. The lowest BCUT2D eigenvalue weighted by Gasteiger charge is -2.12. The van der Waals surface area contributed by atoms with Crippen LogP contribution in [0, 0.1) is 0 Å². The maximum atomic E-state index is 8.72. The number of ether oxygens (including phenoxy) is 1. The molecule has 1 aromatic carbocycles. The molecule has 0 spiro atoms. The first-order chi connectivity index (χ1) is 7.83. The van der Waals surface area contributed by atoms with Crippen LogP contribution in [-0.2, 0) is 0 Å². The van der Waals surface area contributed by atoms with Crippen LogP contribution in [0.2, 0.25) is 0 Å². The Balaban J connectivity index is 2.00. The highest BCUT2D eigenvalue weighted by atomic mass is 16.5. The van der Waals surface area contributed by atoms with Gasteiger partial charge in [-0.2, -0.15) is 0 Å². The van der Waals surface area contributed by atoms with Crippen LogP contribution in [0.15, 0.2) is 30.3 Å². The van der Waals surface area contributed by atoms with E-state index < -0.39 is 0 Å². The predicted octanol–water partition coefficient (Wildman–Crippen LogP) is 1.82. The number of hydrogen-bond donors (Lipinski definition) is 2. The molecule has 0 saturated carbocycles. The summed E-state index contributed by atoms with van der Waals surface area (Å²) in [5.74, 6) is 0.922. The maximum absolute atomic E-state index is 8.72. The van der Waals surface area contributed by atoms with E-state index in [0.29, 0.717) is 6.04 Å². The Morgan fingerprint density at radius 3 is 2.75 bits per heavy atom. The number of hydrogen-bond acceptors (Lipinski definition) is 3. The molecular weight excluding hydrogens is 202 g/mol. The van der Waals surface area contributed by atoms with Gasteiger partial charge in [-0.15, -0.1) is 0 Å². The predicted molar refractivity (Wildman–Crippen MR) is 65.7 cm³/mol. The number of rotatable bonds is 8. The molecule has 1 unspecified atom stereocenters. The number of para-hydroxylation sites is 1. The molecule has 1 rings (SSSR count). The van der Waals surface area contributed by atoms with Crippen LogP contribution in [0.1, 0.15) is 19.8 Å². The van der Waals surface area contributed by atoms with Gasteiger partial charge in [0.05, 0.1) is 6.61 Å². The third-order valence-electron chi connectivity index (χ3n) is 2.39. The number of aliphatic hydroxyl groups is 1. The summed E-state index contributed by atoms with van der Waals surface area (Å²) in [5.41, 5.74) is 0. The SMILES string of the molecule is CC(CCO)NCCCOc1ccccc1. The highest BCUT2D eigenvalue weighted by Gasteiger charge is 1.98. The normalized spacial score (nSPS) is 12.4. The van der Waals surface area contributed by atoms with Crippen LogP contribution in [0.3, 0.4) is 0 Å². The molecule has 3 heteroatoms. The van der Waals surface area contributed by atoms with E-state index in [1.54, 1.807) is 0 Å². The summed E-state index contributed by atoms with van der Waals surface area (Å²) < 4.78 is 5.56. The Morgan fingerprint density at radius 1 is 1.31 bits per heavy atom. The minimum atomic E-state index is 0.245. The van der Waals surface area contributed by atoms with Crippen LogP contribution in [-0.4, -0.2) is 30.9 Å². The van der Waals surface area contributed by atoms with Gasteiger partial charge in [0.25, 0.3) is 0 Å². The van der Waals surface area contributed by atoms with Gasteiger partial charge in [-0.1, -0.05) is 18.2 Å². The van der Waals surface area contributed by atoms with Gasteiger partial charge >= 0.3 is 0 Å². The highest BCUT2D eigenvalue weighted by Crippen LogP contribution is 2.08. The first kappa shape index (κ1) is 13.0. The lowest BCUT2D eigenvalue weighted by atomic mass is 10.2. The van der Waals surface area contributed by atoms with Gasteiger partial charge in [0.1, 0.15) is 5.75 Å². The second-order valence-electron chi connectivity index (χ2n) is 3.88. The van der Waals surface area contributed by atoms with E-state index >= 15 is 0 Å². The van der Waals surface area contributed by atoms with Crippen molar-refractivity contribution in [3.8, 4) is 5.75 Å². The van der Waals surface area contributed by atoms with Crippen molar-refractivity contribution in [2.45, 2.75) is 25.8 Å². The molecule has 3 nitrogen and oxygen atoms in total. The van der Waals surface area contributed by atoms with Crippen molar-refractivity contribution in [2.24, 2.45) is 0 Å². The summed E-state index contributed by atoms with van der Waals surface area (Å²) in [7, 11) is 0. The number of benzene rings is 1. The summed E-state index contributed by atoms with van der Waals surface area (Å²) in [6, 6.07) is 10.2. The Bertz CT molecular complexity index is 264. The average Bonchev–Trinajstić information content (AvgIpc) is 2.30. The molecule has 16 heavy (non-hydrogen) atoms. The molecule has 0 amide bonds. The van der Waals surface area contributed by atoms with E-state index in [1.165, 1.54) is 0 Å². The summed E-state index contributed by atoms with van der Waals surface area (Å²) in [6.07, 6.45) is 1.78. The first-order valence-electron chi connectivity index (χ1n) is 5.85. The fraction of sp³-hybridized carbons (Fsp3) is 0.538. The zero-order valence-electron chi connectivity index (χ0n) is 9.86. The molecule has 1 atom stereocenters. The van der Waals surface area contributed by atoms with Crippen molar-refractivity contribution in [1.82, 2.24) is 5.32 Å². The molecular formula is C13H21NO2. The molecule has 0 heterocycles. The molecule has 0 aliphatic carbocycles. The fourth-order valence-corrected chi connectivity index (χ4v) is 1.42. The molecule has 0 bridgehead atoms. The van der Waals surface area contributed by atoms with Crippen molar-refractivity contribution >= 4 is 0 Å². The molecule has 0 fully saturated rings. The van der Waals surface area contributed by atoms with Crippen LogP contribution >= 0.6 is 0 Å². The van der Waals surface area contributed by atoms with E-state index in [4.69, 9.17) is 9.84 Å². The largest absolute Gasteiger partial charge is 0.494 e. The van der Waals surface area contributed by atoms with Crippen molar-refractivity contribution in [3.63, 3.8) is 0 Å². The Hall–Kier alpha value is -1.06. The van der Waals surface area contributed by atoms with E-state index in [0.717, 1.165) is 31.7 Å². The van der Waals surface area contributed by atoms with E-state index in [-0.39, 0.29) is 6.61 Å². The van der Waals surface area contributed by atoms with Gasteiger partial charge in [0.2, 0.25) is 0 Å². The van der Waals surface area contributed by atoms with Crippen LogP contribution in [0.25, 0.3) is 0 Å². The smallest absolute Gasteiger partial charge is 0.119 e. The second-order valence-corrected chi connectivity index (χ2v) is 3.88. The van der Waals surface area contributed by atoms with Crippen molar-refractivity contribution in [1.29, 1.82) is 0 Å². The fourth-order valence-electron chi connectivity index (χ4n) is 1.42. The van der Waals surface area contributed by atoms with Gasteiger partial charge in [-0.25, -0.2) is 0 Å². The number of nitrogens with one attached hydrogen (secondary N) is 1. The lowest BCUT2D eigenvalue weighted by molar-refractivity contribution is 0.264. The molecule has 0 saturated heterocycles. The second kappa shape index (κ2) is 8.13. The zero-order chi connectivity index (χ0) is 11.6. The molecule has 0 aromatic heterocycles. The Labute approximate surface area is 97.4 Å². The van der Waals surface area contributed by atoms with Gasteiger partial charge in [0, 0.05) is 12.6 Å². The summed E-state index contributed by atoms with van der Waals surface area (Å²) in [4.78, 5) is 0. The van der Waals surface area contributed by atoms with Crippen molar-refractivity contribution in [3.05, 3.63) is 30.3 Å². The van der Waals surface area contributed by atoms with E-state index in [1.807, 2.05) is 30.3 Å². The molecule has 2 N–H and O–H groups in total. The monoisotopic (exact) mass is 223 g/mol.